The molecule has 0 amide bonds. The van der Waals surface area contributed by atoms with Gasteiger partial charge in [0.1, 0.15) is 5.02 Å². The molecule has 1 saturated carbocycles. The van der Waals surface area contributed by atoms with Crippen molar-refractivity contribution >= 4 is 17.3 Å². The van der Waals surface area contributed by atoms with Crippen molar-refractivity contribution in [1.82, 2.24) is 9.78 Å². The van der Waals surface area contributed by atoms with E-state index in [1.54, 1.807) is 13.3 Å². The van der Waals surface area contributed by atoms with Crippen LogP contribution in [0, 0.1) is 0 Å². The van der Waals surface area contributed by atoms with E-state index in [-0.39, 0.29) is 22.7 Å². The molecule has 0 bridgehead atoms. The monoisotopic (exact) mass is 300 g/mol. The van der Waals surface area contributed by atoms with Crippen LogP contribution in [-0.2, 0) is 11.3 Å². The first-order chi connectivity index (χ1) is 9.63. The Kier molecular flexibility index (Phi) is 5.39. The summed E-state index contributed by atoms with van der Waals surface area (Å²) in [6, 6.07) is 0.244. The highest BCUT2D eigenvalue weighted by Crippen LogP contribution is 2.23. The van der Waals surface area contributed by atoms with Crippen LogP contribution in [0.4, 0.5) is 5.69 Å². The van der Waals surface area contributed by atoms with Gasteiger partial charge < -0.3 is 15.8 Å². The van der Waals surface area contributed by atoms with Crippen LogP contribution in [0.5, 0.6) is 0 Å². The zero-order valence-electron chi connectivity index (χ0n) is 11.6. The van der Waals surface area contributed by atoms with Crippen LogP contribution in [0.2, 0.25) is 5.02 Å². The maximum Gasteiger partial charge on any atom is 0.287 e. The molecule has 0 saturated heterocycles. The van der Waals surface area contributed by atoms with E-state index in [1.807, 2.05) is 0 Å². The van der Waals surface area contributed by atoms with E-state index in [2.05, 4.69) is 10.4 Å². The summed E-state index contributed by atoms with van der Waals surface area (Å²) < 4.78 is 6.23. The lowest BCUT2D eigenvalue weighted by Gasteiger charge is -2.30. The first kappa shape index (κ1) is 15.3. The Balaban J connectivity index is 2.12. The molecule has 20 heavy (non-hydrogen) atoms. The van der Waals surface area contributed by atoms with Crippen molar-refractivity contribution < 1.29 is 4.74 Å². The molecule has 1 fully saturated rings. The average molecular weight is 301 g/mol. The SMILES string of the molecule is COCCn1ncc(NC2CCCCC2N)c(Cl)c1=O. The van der Waals surface area contributed by atoms with Gasteiger partial charge in [-0.3, -0.25) is 4.79 Å². The predicted molar refractivity (Wildman–Crippen MR) is 79.2 cm³/mol. The zero-order chi connectivity index (χ0) is 14.5. The quantitative estimate of drug-likeness (QED) is 0.854. The molecule has 1 aromatic heterocycles. The van der Waals surface area contributed by atoms with Gasteiger partial charge in [0.15, 0.2) is 0 Å². The van der Waals surface area contributed by atoms with Gasteiger partial charge in [-0.1, -0.05) is 24.4 Å². The first-order valence-corrected chi connectivity index (χ1v) is 7.28. The second-order valence-corrected chi connectivity index (χ2v) is 5.47. The number of nitrogens with zero attached hydrogens (tertiary/aromatic N) is 2. The highest BCUT2D eigenvalue weighted by atomic mass is 35.5. The third-order valence-electron chi connectivity index (χ3n) is 3.65. The highest BCUT2D eigenvalue weighted by molar-refractivity contribution is 6.32. The maximum atomic E-state index is 12.1. The van der Waals surface area contributed by atoms with E-state index in [0.717, 1.165) is 25.7 Å². The number of halogens is 1. The topological polar surface area (TPSA) is 82.2 Å². The second kappa shape index (κ2) is 7.06. The molecule has 2 atom stereocenters. The van der Waals surface area contributed by atoms with Crippen LogP contribution < -0.4 is 16.6 Å². The Morgan fingerprint density at radius 2 is 2.30 bits per heavy atom. The molecule has 0 radical (unpaired) electrons. The summed E-state index contributed by atoms with van der Waals surface area (Å²) in [5.74, 6) is 0. The molecule has 1 heterocycles. The molecule has 0 spiro atoms. The fraction of sp³-hybridized carbons (Fsp3) is 0.692. The van der Waals surface area contributed by atoms with Crippen LogP contribution in [-0.4, -0.2) is 35.6 Å². The Labute approximate surface area is 123 Å². The third kappa shape index (κ3) is 3.50. The van der Waals surface area contributed by atoms with Crippen molar-refractivity contribution in [3.05, 3.63) is 21.6 Å². The van der Waals surface area contributed by atoms with Gasteiger partial charge >= 0.3 is 0 Å². The van der Waals surface area contributed by atoms with Crippen LogP contribution in [0.1, 0.15) is 25.7 Å². The number of methoxy groups -OCH3 is 1. The Bertz CT molecular complexity index is 506. The number of hydrogen-bond acceptors (Lipinski definition) is 5. The summed E-state index contributed by atoms with van der Waals surface area (Å²) in [4.78, 5) is 12.1. The molecule has 1 aliphatic rings. The summed E-state index contributed by atoms with van der Waals surface area (Å²) in [6.07, 6.45) is 5.86. The van der Waals surface area contributed by atoms with Gasteiger partial charge in [0.25, 0.3) is 5.56 Å². The summed E-state index contributed by atoms with van der Waals surface area (Å²) in [5, 5.41) is 7.52. The molecule has 1 aromatic rings. The number of rotatable bonds is 5. The van der Waals surface area contributed by atoms with E-state index in [4.69, 9.17) is 22.1 Å². The third-order valence-corrected chi connectivity index (χ3v) is 4.02. The minimum Gasteiger partial charge on any atom is -0.383 e. The van der Waals surface area contributed by atoms with E-state index in [9.17, 15) is 4.79 Å². The smallest absolute Gasteiger partial charge is 0.287 e. The number of aromatic nitrogens is 2. The normalized spacial score (nSPS) is 22.8. The second-order valence-electron chi connectivity index (χ2n) is 5.09. The van der Waals surface area contributed by atoms with Crippen LogP contribution in [0.15, 0.2) is 11.0 Å². The predicted octanol–water partition coefficient (Wildman–Crippen LogP) is 1.22. The highest BCUT2D eigenvalue weighted by Gasteiger charge is 2.23. The van der Waals surface area contributed by atoms with Gasteiger partial charge in [0.05, 0.1) is 25.0 Å². The average Bonchev–Trinajstić information content (AvgIpc) is 2.45. The Hall–Kier alpha value is -1.11. The maximum absolute atomic E-state index is 12.1. The lowest BCUT2D eigenvalue weighted by Crippen LogP contribution is -2.43. The van der Waals surface area contributed by atoms with Gasteiger partial charge in [-0.25, -0.2) is 4.68 Å². The molecule has 6 nitrogen and oxygen atoms in total. The fourth-order valence-electron chi connectivity index (χ4n) is 2.44. The van der Waals surface area contributed by atoms with Crippen molar-refractivity contribution in [3.8, 4) is 0 Å². The molecule has 0 aliphatic heterocycles. The van der Waals surface area contributed by atoms with E-state index in [1.165, 1.54) is 4.68 Å². The number of ether oxygens (including phenoxy) is 1. The Morgan fingerprint density at radius 3 is 3.00 bits per heavy atom. The van der Waals surface area contributed by atoms with Crippen LogP contribution in [0.25, 0.3) is 0 Å². The van der Waals surface area contributed by atoms with Crippen molar-refractivity contribution in [2.75, 3.05) is 19.0 Å². The van der Waals surface area contributed by atoms with Crippen molar-refractivity contribution in [3.63, 3.8) is 0 Å². The minimum absolute atomic E-state index is 0.0933. The molecule has 1 aliphatic carbocycles. The van der Waals surface area contributed by atoms with Crippen LogP contribution >= 0.6 is 11.6 Å². The molecule has 7 heteroatoms. The zero-order valence-corrected chi connectivity index (χ0v) is 12.4. The summed E-state index contributed by atoms with van der Waals surface area (Å²) >= 11 is 6.13. The van der Waals surface area contributed by atoms with Gasteiger partial charge in [-0.2, -0.15) is 5.10 Å². The van der Waals surface area contributed by atoms with Crippen molar-refractivity contribution in [2.45, 2.75) is 44.3 Å². The minimum atomic E-state index is -0.307. The number of hydrogen-bond donors (Lipinski definition) is 2. The molecule has 3 N–H and O–H groups in total. The number of anilines is 1. The summed E-state index contributed by atoms with van der Waals surface area (Å²) in [5.41, 5.74) is 6.34. The fourth-order valence-corrected chi connectivity index (χ4v) is 2.64. The Morgan fingerprint density at radius 1 is 1.55 bits per heavy atom. The first-order valence-electron chi connectivity index (χ1n) is 6.90. The van der Waals surface area contributed by atoms with Gasteiger partial charge in [-0.15, -0.1) is 0 Å². The molecular weight excluding hydrogens is 280 g/mol. The lowest BCUT2D eigenvalue weighted by atomic mass is 9.91. The standard InChI is InChI=1S/C13H21ClN4O2/c1-20-7-6-18-13(19)12(14)11(8-16-18)17-10-5-3-2-4-9(10)15/h8-10,17H,2-7,15H2,1H3. The molecule has 112 valence electrons. The van der Waals surface area contributed by atoms with Crippen molar-refractivity contribution in [2.24, 2.45) is 5.73 Å². The van der Waals surface area contributed by atoms with Crippen LogP contribution in [0.3, 0.4) is 0 Å². The molecule has 0 aromatic carbocycles. The summed E-state index contributed by atoms with van der Waals surface area (Å²) in [6.45, 7) is 0.807. The summed E-state index contributed by atoms with van der Waals surface area (Å²) in [7, 11) is 1.58. The van der Waals surface area contributed by atoms with Gasteiger partial charge in [0, 0.05) is 19.2 Å². The molecular formula is C13H21ClN4O2. The largest absolute Gasteiger partial charge is 0.383 e. The number of nitrogens with two attached hydrogens (primary N) is 1. The van der Waals surface area contributed by atoms with E-state index < -0.39 is 0 Å². The lowest BCUT2D eigenvalue weighted by molar-refractivity contribution is 0.182. The number of nitrogens with one attached hydrogen (secondary N) is 1. The van der Waals surface area contributed by atoms with E-state index >= 15 is 0 Å². The van der Waals surface area contributed by atoms with Gasteiger partial charge in [-0.05, 0) is 12.8 Å². The molecule has 2 rings (SSSR count). The van der Waals surface area contributed by atoms with Gasteiger partial charge in [0.2, 0.25) is 0 Å². The van der Waals surface area contributed by atoms with Crippen molar-refractivity contribution in [1.29, 1.82) is 0 Å². The molecule has 2 unspecified atom stereocenters. The van der Waals surface area contributed by atoms with E-state index in [0.29, 0.717) is 18.8 Å².